The molecule has 0 amide bonds. The zero-order valence-corrected chi connectivity index (χ0v) is 12.9. The van der Waals surface area contributed by atoms with Gasteiger partial charge in [-0.1, -0.05) is 18.2 Å². The summed E-state index contributed by atoms with van der Waals surface area (Å²) in [6.07, 6.45) is 6.85. The lowest BCUT2D eigenvalue weighted by Gasteiger charge is -2.06. The Hall–Kier alpha value is -3.29. The molecule has 3 heterocycles. The molecule has 3 aromatic heterocycles. The van der Waals surface area contributed by atoms with Gasteiger partial charge < -0.3 is 9.88 Å². The highest BCUT2D eigenvalue weighted by Gasteiger charge is 2.10. The summed E-state index contributed by atoms with van der Waals surface area (Å²) in [6, 6.07) is 6.63. The Morgan fingerprint density at radius 3 is 2.83 bits per heavy atom. The zero-order chi connectivity index (χ0) is 16.5. The van der Waals surface area contributed by atoms with Crippen molar-refractivity contribution in [2.24, 2.45) is 7.05 Å². The number of anilines is 2. The minimum Gasteiger partial charge on any atom is -0.338 e. The summed E-state index contributed by atoms with van der Waals surface area (Å²) in [5, 5.41) is 8.11. The Bertz CT molecular complexity index is 1000. The lowest BCUT2D eigenvalue weighted by molar-refractivity contribution is 0.589. The number of hydrogen-bond donors (Lipinski definition) is 1. The summed E-state index contributed by atoms with van der Waals surface area (Å²) in [7, 11) is 1.88. The van der Waals surface area contributed by atoms with Crippen LogP contribution >= 0.6 is 0 Å². The van der Waals surface area contributed by atoms with Crippen molar-refractivity contribution in [1.29, 1.82) is 0 Å². The van der Waals surface area contributed by atoms with E-state index in [1.165, 1.54) is 6.07 Å². The number of fused-ring (bicyclic) bond motifs is 1. The maximum atomic E-state index is 13.9. The van der Waals surface area contributed by atoms with Crippen molar-refractivity contribution in [3.8, 4) is 0 Å². The number of imidazole rings is 1. The standard InChI is InChI=1S/C16H14FN7/c1-23-9-14(19-10-23)21-16-18-6-12-7-20-24(15(12)22-16)8-11-4-2-3-5-13(11)17/h2-7,9-10H,8H2,1H3,(H,18,21,22). The van der Waals surface area contributed by atoms with Crippen LogP contribution in [-0.2, 0) is 13.6 Å². The van der Waals surface area contributed by atoms with E-state index in [1.54, 1.807) is 41.6 Å². The molecule has 7 nitrogen and oxygen atoms in total. The maximum absolute atomic E-state index is 13.9. The lowest BCUT2D eigenvalue weighted by Crippen LogP contribution is -2.05. The van der Waals surface area contributed by atoms with Crippen molar-refractivity contribution in [2.45, 2.75) is 6.54 Å². The fourth-order valence-corrected chi connectivity index (χ4v) is 2.42. The molecule has 8 heteroatoms. The van der Waals surface area contributed by atoms with Crippen LogP contribution in [-0.4, -0.2) is 29.3 Å². The number of halogens is 1. The third kappa shape index (κ3) is 2.69. The zero-order valence-electron chi connectivity index (χ0n) is 12.9. The average molecular weight is 323 g/mol. The Morgan fingerprint density at radius 2 is 2.04 bits per heavy atom. The quantitative estimate of drug-likeness (QED) is 0.624. The van der Waals surface area contributed by atoms with Crippen molar-refractivity contribution >= 4 is 22.8 Å². The molecule has 0 saturated carbocycles. The van der Waals surface area contributed by atoms with Gasteiger partial charge in [-0.2, -0.15) is 10.1 Å². The van der Waals surface area contributed by atoms with Crippen LogP contribution in [0.25, 0.3) is 11.0 Å². The molecule has 0 radical (unpaired) electrons. The third-order valence-corrected chi connectivity index (χ3v) is 3.60. The topological polar surface area (TPSA) is 73.5 Å². The van der Waals surface area contributed by atoms with E-state index in [4.69, 9.17) is 0 Å². The summed E-state index contributed by atoms with van der Waals surface area (Å²) >= 11 is 0. The second-order valence-corrected chi connectivity index (χ2v) is 5.42. The van der Waals surface area contributed by atoms with Crippen molar-refractivity contribution < 1.29 is 4.39 Å². The van der Waals surface area contributed by atoms with Gasteiger partial charge in [-0.3, -0.25) is 0 Å². The molecular formula is C16H14FN7. The molecule has 0 aliphatic heterocycles. The highest BCUT2D eigenvalue weighted by Crippen LogP contribution is 2.17. The van der Waals surface area contributed by atoms with Gasteiger partial charge in [-0.25, -0.2) is 19.0 Å². The van der Waals surface area contributed by atoms with E-state index < -0.39 is 0 Å². The predicted molar refractivity (Wildman–Crippen MR) is 87.3 cm³/mol. The van der Waals surface area contributed by atoms with E-state index in [2.05, 4.69) is 25.4 Å². The van der Waals surface area contributed by atoms with Gasteiger partial charge in [0.15, 0.2) is 11.5 Å². The Labute approximate surface area is 136 Å². The fourth-order valence-electron chi connectivity index (χ4n) is 2.42. The van der Waals surface area contributed by atoms with Crippen LogP contribution in [0.1, 0.15) is 5.56 Å². The van der Waals surface area contributed by atoms with E-state index in [-0.39, 0.29) is 5.82 Å². The molecule has 0 saturated heterocycles. The molecular weight excluding hydrogens is 309 g/mol. The number of aromatic nitrogens is 6. The smallest absolute Gasteiger partial charge is 0.230 e. The van der Waals surface area contributed by atoms with E-state index in [0.29, 0.717) is 29.5 Å². The highest BCUT2D eigenvalue weighted by molar-refractivity contribution is 5.75. The first-order valence-corrected chi connectivity index (χ1v) is 7.36. The van der Waals surface area contributed by atoms with Crippen LogP contribution in [0.2, 0.25) is 0 Å². The molecule has 24 heavy (non-hydrogen) atoms. The van der Waals surface area contributed by atoms with Gasteiger partial charge in [-0.05, 0) is 6.07 Å². The van der Waals surface area contributed by atoms with Crippen LogP contribution < -0.4 is 5.32 Å². The molecule has 0 spiro atoms. The van der Waals surface area contributed by atoms with Gasteiger partial charge in [-0.15, -0.1) is 0 Å². The molecule has 0 fully saturated rings. The SMILES string of the molecule is Cn1cnc(Nc2ncc3cnn(Cc4ccccc4F)c3n2)c1. The van der Waals surface area contributed by atoms with Gasteiger partial charge >= 0.3 is 0 Å². The van der Waals surface area contributed by atoms with Crippen LogP contribution in [0.4, 0.5) is 16.2 Å². The first-order chi connectivity index (χ1) is 11.7. The van der Waals surface area contributed by atoms with Gasteiger partial charge in [0.1, 0.15) is 5.82 Å². The molecule has 0 atom stereocenters. The van der Waals surface area contributed by atoms with E-state index >= 15 is 0 Å². The van der Waals surface area contributed by atoms with Crippen LogP contribution in [0, 0.1) is 5.82 Å². The first-order valence-electron chi connectivity index (χ1n) is 7.36. The maximum Gasteiger partial charge on any atom is 0.230 e. The summed E-state index contributed by atoms with van der Waals surface area (Å²) in [5.74, 6) is 0.801. The van der Waals surface area contributed by atoms with Crippen molar-refractivity contribution in [1.82, 2.24) is 29.3 Å². The summed E-state index contributed by atoms with van der Waals surface area (Å²) < 4.78 is 17.3. The summed E-state index contributed by atoms with van der Waals surface area (Å²) in [5.41, 5.74) is 1.19. The fraction of sp³-hybridized carbons (Fsp3) is 0.125. The van der Waals surface area contributed by atoms with Crippen molar-refractivity contribution in [2.75, 3.05) is 5.32 Å². The molecule has 4 rings (SSSR count). The second kappa shape index (κ2) is 5.73. The largest absolute Gasteiger partial charge is 0.338 e. The minimum atomic E-state index is -0.262. The molecule has 1 N–H and O–H groups in total. The molecule has 4 aromatic rings. The second-order valence-electron chi connectivity index (χ2n) is 5.42. The normalized spacial score (nSPS) is 11.1. The van der Waals surface area contributed by atoms with E-state index in [1.807, 2.05) is 17.8 Å². The molecule has 0 aliphatic carbocycles. The molecule has 120 valence electrons. The number of nitrogens with zero attached hydrogens (tertiary/aromatic N) is 6. The molecule has 1 aromatic carbocycles. The van der Waals surface area contributed by atoms with Gasteiger partial charge in [0.05, 0.1) is 24.5 Å². The Balaban J connectivity index is 1.67. The van der Waals surface area contributed by atoms with Crippen LogP contribution in [0.15, 0.2) is 49.2 Å². The molecule has 0 bridgehead atoms. The number of hydrogen-bond acceptors (Lipinski definition) is 5. The predicted octanol–water partition coefficient (Wildman–Crippen LogP) is 2.49. The first kappa shape index (κ1) is 14.3. The Kier molecular flexibility index (Phi) is 3.42. The van der Waals surface area contributed by atoms with E-state index in [9.17, 15) is 4.39 Å². The van der Waals surface area contributed by atoms with Gasteiger partial charge in [0.25, 0.3) is 0 Å². The average Bonchev–Trinajstić information content (AvgIpc) is 3.16. The van der Waals surface area contributed by atoms with Gasteiger partial charge in [0, 0.05) is 25.0 Å². The minimum absolute atomic E-state index is 0.262. The number of benzene rings is 1. The molecule has 0 aliphatic rings. The third-order valence-electron chi connectivity index (χ3n) is 3.60. The summed E-state index contributed by atoms with van der Waals surface area (Å²) in [4.78, 5) is 12.9. The number of nitrogens with one attached hydrogen (secondary N) is 1. The summed E-state index contributed by atoms with van der Waals surface area (Å²) in [6.45, 7) is 0.302. The van der Waals surface area contributed by atoms with Crippen molar-refractivity contribution in [3.05, 3.63) is 60.6 Å². The van der Waals surface area contributed by atoms with Crippen LogP contribution in [0.5, 0.6) is 0 Å². The number of aryl methyl sites for hydroxylation is 1. The Morgan fingerprint density at radius 1 is 1.17 bits per heavy atom. The monoisotopic (exact) mass is 323 g/mol. The lowest BCUT2D eigenvalue weighted by atomic mass is 10.2. The van der Waals surface area contributed by atoms with Crippen molar-refractivity contribution in [3.63, 3.8) is 0 Å². The number of rotatable bonds is 4. The van der Waals surface area contributed by atoms with E-state index in [0.717, 1.165) is 5.39 Å². The highest BCUT2D eigenvalue weighted by atomic mass is 19.1. The van der Waals surface area contributed by atoms with Gasteiger partial charge in [0.2, 0.25) is 5.95 Å². The molecule has 0 unspecified atom stereocenters. The van der Waals surface area contributed by atoms with Crippen LogP contribution in [0.3, 0.4) is 0 Å².